The van der Waals surface area contributed by atoms with E-state index in [0.29, 0.717) is 0 Å². The molecule has 0 unspecified atom stereocenters. The van der Waals surface area contributed by atoms with E-state index in [4.69, 9.17) is 12.3 Å². The van der Waals surface area contributed by atoms with Gasteiger partial charge in [0.1, 0.15) is 0 Å². The van der Waals surface area contributed by atoms with Crippen molar-refractivity contribution in [2.45, 2.75) is 0 Å². The minimum atomic E-state index is -3.94. The maximum absolute atomic E-state index is 8.56. The Morgan fingerprint density at radius 1 is 1.08 bits per heavy atom. The van der Waals surface area contributed by atoms with Gasteiger partial charge in [0, 0.05) is 5.75 Å². The molecule has 0 fully saturated rings. The zero-order valence-corrected chi connectivity index (χ0v) is 16.9. The molecule has 0 aromatic rings. The van der Waals surface area contributed by atoms with Gasteiger partial charge in [-0.25, -0.2) is 0 Å². The van der Waals surface area contributed by atoms with Crippen molar-refractivity contribution in [3.63, 3.8) is 0 Å². The van der Waals surface area contributed by atoms with Gasteiger partial charge in [-0.15, -0.1) is 0 Å². The molecule has 0 aliphatic carbocycles. The molecule has 54 valence electrons. The van der Waals surface area contributed by atoms with Crippen LogP contribution in [0.3, 0.4) is 0 Å². The van der Waals surface area contributed by atoms with E-state index in [1.807, 2.05) is 21.6 Å². The van der Waals surface area contributed by atoms with Crippen molar-refractivity contribution in [1.29, 1.82) is 0 Å². The summed E-state index contributed by atoms with van der Waals surface area (Å²) in [4.78, 5) is 0. The Bertz CT molecular complexity index is 88.1. The summed E-state index contributed by atoms with van der Waals surface area (Å²) in [5.41, 5.74) is 0. The zero-order valence-electron chi connectivity index (χ0n) is 7.35. The molecule has 0 radical (unpaired) electrons. The summed E-state index contributed by atoms with van der Waals surface area (Å²) in [5.74, 6) is 1.20. The Kier molecular flexibility index (Phi) is 42.2. The Balaban J connectivity index is -0.0000000436. The van der Waals surface area contributed by atoms with Crippen LogP contribution < -0.4 is 101 Å². The molecule has 0 spiro atoms. The Morgan fingerprint density at radius 3 is 1.58 bits per heavy atom. The van der Waals surface area contributed by atoms with E-state index in [2.05, 4.69) is 11.5 Å². The molecule has 9 heteroatoms. The first-order valence-corrected chi connectivity index (χ1v) is 6.66. The van der Waals surface area contributed by atoms with Gasteiger partial charge in [0.15, 0.2) is 0 Å². The predicted molar refractivity (Wildman–Crippen MR) is 34.9 cm³/mol. The van der Waals surface area contributed by atoms with Gasteiger partial charge in [-0.2, -0.15) is 0 Å². The third-order valence-electron chi connectivity index (χ3n) is 0.384. The Morgan fingerprint density at radius 2 is 1.50 bits per heavy atom. The molecule has 0 saturated heterocycles. The van der Waals surface area contributed by atoms with Gasteiger partial charge >= 0.3 is 117 Å². The van der Waals surface area contributed by atoms with Crippen molar-refractivity contribution in [3.8, 4) is 0 Å². The second kappa shape index (κ2) is 20.3. The van der Waals surface area contributed by atoms with Crippen LogP contribution in [-0.4, -0.2) is 21.4 Å². The molecule has 0 aromatic carbocycles. The standard InChI is InChI=1S/C3H4S2.AsO3.3Na/c1-2-4-5-3-1;2-1(3)4;;;/h1-2H,3H2;;;;/q;-3;3*+1. The quantitative estimate of drug-likeness (QED) is 0.328. The SMILES string of the molecule is C1=CSSC1.[Na+].[Na+].[Na+].[O-][As]([O-])[O-]. The molecule has 0 N–H and O–H groups in total. The van der Waals surface area contributed by atoms with Crippen LogP contribution >= 0.6 is 21.6 Å². The van der Waals surface area contributed by atoms with Crippen LogP contribution in [0.15, 0.2) is 11.5 Å². The van der Waals surface area contributed by atoms with E-state index < -0.39 is 15.7 Å². The van der Waals surface area contributed by atoms with Crippen molar-refractivity contribution >= 4 is 37.3 Å². The van der Waals surface area contributed by atoms with E-state index in [1.165, 1.54) is 5.75 Å². The first-order chi connectivity index (χ1) is 4.23. The Hall–Kier alpha value is 3.88. The number of rotatable bonds is 0. The third-order valence-corrected chi connectivity index (χ3v) is 2.30. The first-order valence-electron chi connectivity index (χ1n) is 1.98. The second-order valence-electron chi connectivity index (χ2n) is 0.976. The molecule has 0 amide bonds. The van der Waals surface area contributed by atoms with Crippen LogP contribution in [0.25, 0.3) is 0 Å². The van der Waals surface area contributed by atoms with Gasteiger partial charge in [-0.05, 0) is 5.41 Å². The van der Waals surface area contributed by atoms with Crippen LogP contribution in [-0.2, 0) is 0 Å². The van der Waals surface area contributed by atoms with Crippen LogP contribution in [0.4, 0.5) is 0 Å². The molecular formula is C3H4AsNa3O3S2. The van der Waals surface area contributed by atoms with Gasteiger partial charge < -0.3 is 0 Å². The van der Waals surface area contributed by atoms with Gasteiger partial charge in [0.05, 0.1) is 0 Å². The summed E-state index contributed by atoms with van der Waals surface area (Å²) < 4.78 is 25.7. The normalized spacial score (nSPS) is 11.7. The molecule has 0 saturated carbocycles. The van der Waals surface area contributed by atoms with E-state index in [0.717, 1.165) is 0 Å². The molecule has 1 aliphatic rings. The van der Waals surface area contributed by atoms with E-state index >= 15 is 0 Å². The van der Waals surface area contributed by atoms with E-state index in [1.54, 1.807) is 0 Å². The van der Waals surface area contributed by atoms with Crippen LogP contribution in [0.2, 0.25) is 0 Å². The van der Waals surface area contributed by atoms with Crippen molar-refractivity contribution in [2.75, 3.05) is 5.75 Å². The van der Waals surface area contributed by atoms with Crippen molar-refractivity contribution in [2.24, 2.45) is 0 Å². The summed E-state index contributed by atoms with van der Waals surface area (Å²) >= 11 is -3.94. The molecule has 0 bridgehead atoms. The first kappa shape index (κ1) is 24.9. The summed E-state index contributed by atoms with van der Waals surface area (Å²) in [5, 5.41) is 2.12. The minimum absolute atomic E-state index is 0. The fourth-order valence-electron chi connectivity index (χ4n) is 0.196. The van der Waals surface area contributed by atoms with Crippen LogP contribution in [0.1, 0.15) is 0 Å². The van der Waals surface area contributed by atoms with Gasteiger partial charge in [0.2, 0.25) is 0 Å². The van der Waals surface area contributed by atoms with Crippen molar-refractivity contribution in [1.82, 2.24) is 0 Å². The fraction of sp³-hybridized carbons (Fsp3) is 0.333. The molecule has 1 heterocycles. The molecule has 0 aromatic heterocycles. The topological polar surface area (TPSA) is 69.2 Å². The monoisotopic (exact) mass is 296 g/mol. The molecule has 12 heavy (non-hydrogen) atoms. The van der Waals surface area contributed by atoms with Crippen molar-refractivity contribution in [3.05, 3.63) is 11.5 Å². The Labute approximate surface area is 152 Å². The number of hydrogen-bond acceptors (Lipinski definition) is 5. The van der Waals surface area contributed by atoms with E-state index in [9.17, 15) is 0 Å². The maximum atomic E-state index is 8.56. The average molecular weight is 296 g/mol. The van der Waals surface area contributed by atoms with Gasteiger partial charge in [-0.3, -0.25) is 0 Å². The van der Waals surface area contributed by atoms with Crippen molar-refractivity contribution < 1.29 is 101 Å². The summed E-state index contributed by atoms with van der Waals surface area (Å²) in [7, 11) is 3.69. The van der Waals surface area contributed by atoms with E-state index in [-0.39, 0.29) is 88.7 Å². The number of hydrogen-bond donors (Lipinski definition) is 0. The molecule has 3 nitrogen and oxygen atoms in total. The summed E-state index contributed by atoms with van der Waals surface area (Å²) in [6, 6.07) is 0. The third kappa shape index (κ3) is 29.2. The van der Waals surface area contributed by atoms with Crippen LogP contribution in [0.5, 0.6) is 0 Å². The second-order valence-corrected chi connectivity index (χ2v) is 4.23. The summed E-state index contributed by atoms with van der Waals surface area (Å²) in [6.07, 6.45) is 2.16. The van der Waals surface area contributed by atoms with Gasteiger partial charge in [-0.1, -0.05) is 27.7 Å². The summed E-state index contributed by atoms with van der Waals surface area (Å²) in [6.45, 7) is 0. The zero-order chi connectivity index (χ0) is 7.11. The molecule has 1 rings (SSSR count). The molecule has 1 aliphatic heterocycles. The fourth-order valence-corrected chi connectivity index (χ4v) is 1.77. The van der Waals surface area contributed by atoms with Gasteiger partial charge in [0.25, 0.3) is 0 Å². The van der Waals surface area contributed by atoms with Crippen LogP contribution in [0, 0.1) is 0 Å². The molecular weight excluding hydrogens is 292 g/mol. The predicted octanol–water partition coefficient (Wildman–Crippen LogP) is -11.0. The molecule has 0 atom stereocenters. The average Bonchev–Trinajstić information content (AvgIpc) is 2.11.